The van der Waals surface area contributed by atoms with Gasteiger partial charge in [0.15, 0.2) is 0 Å². The van der Waals surface area contributed by atoms with E-state index in [1.165, 1.54) is 30.7 Å². The van der Waals surface area contributed by atoms with Crippen LogP contribution in [0.5, 0.6) is 0 Å². The molecule has 0 radical (unpaired) electrons. The van der Waals surface area contributed by atoms with Crippen molar-refractivity contribution in [3.8, 4) is 0 Å². The standard InChI is InChI=1S/C21H22FN3O2/c1-12(26)23-18-11-15(7-8-16(18)22)24-20(27)19-9-13-5-6-14(21(2,3)4)10-17(13)25-19/h5-11,25H,1-4H3,(H,23,26)(H,24,27). The van der Waals surface area contributed by atoms with Gasteiger partial charge in [-0.25, -0.2) is 4.39 Å². The van der Waals surface area contributed by atoms with Crippen molar-refractivity contribution in [1.29, 1.82) is 0 Å². The minimum atomic E-state index is -0.566. The number of aromatic nitrogens is 1. The average Bonchev–Trinajstić information content (AvgIpc) is 3.00. The number of amides is 2. The lowest BCUT2D eigenvalue weighted by molar-refractivity contribution is -0.114. The largest absolute Gasteiger partial charge is 0.351 e. The molecule has 2 aromatic carbocycles. The number of carbonyl (C=O) groups excluding carboxylic acids is 2. The van der Waals surface area contributed by atoms with Crippen LogP contribution in [0, 0.1) is 5.82 Å². The minimum absolute atomic E-state index is 0.00987. The Morgan fingerprint density at radius 3 is 2.41 bits per heavy atom. The first-order chi connectivity index (χ1) is 12.6. The van der Waals surface area contributed by atoms with Gasteiger partial charge in [-0.3, -0.25) is 9.59 Å². The monoisotopic (exact) mass is 367 g/mol. The third-order valence-corrected chi connectivity index (χ3v) is 4.27. The number of rotatable bonds is 3. The second-order valence-corrected chi connectivity index (χ2v) is 7.56. The highest BCUT2D eigenvalue weighted by Crippen LogP contribution is 2.27. The number of nitrogens with one attached hydrogen (secondary N) is 3. The van der Waals surface area contributed by atoms with E-state index in [1.807, 2.05) is 12.1 Å². The van der Waals surface area contributed by atoms with Gasteiger partial charge in [-0.1, -0.05) is 32.9 Å². The van der Waals surface area contributed by atoms with E-state index in [0.29, 0.717) is 11.4 Å². The summed E-state index contributed by atoms with van der Waals surface area (Å²) < 4.78 is 13.7. The second kappa shape index (κ2) is 6.87. The normalized spacial score (nSPS) is 11.4. The molecule has 1 aromatic heterocycles. The van der Waals surface area contributed by atoms with Crippen molar-refractivity contribution in [1.82, 2.24) is 4.98 Å². The molecule has 0 aliphatic heterocycles. The Labute approximate surface area is 157 Å². The molecule has 3 rings (SSSR count). The first kappa shape index (κ1) is 18.6. The average molecular weight is 367 g/mol. The third-order valence-electron chi connectivity index (χ3n) is 4.27. The Balaban J connectivity index is 1.85. The van der Waals surface area contributed by atoms with Gasteiger partial charge < -0.3 is 15.6 Å². The highest BCUT2D eigenvalue weighted by atomic mass is 19.1. The number of H-pyrrole nitrogens is 1. The molecule has 0 saturated carbocycles. The fraction of sp³-hybridized carbons (Fsp3) is 0.238. The molecule has 0 bridgehead atoms. The van der Waals surface area contributed by atoms with Crippen molar-refractivity contribution >= 4 is 34.1 Å². The maximum atomic E-state index is 13.7. The van der Waals surface area contributed by atoms with Crippen molar-refractivity contribution in [2.45, 2.75) is 33.1 Å². The maximum Gasteiger partial charge on any atom is 0.272 e. The van der Waals surface area contributed by atoms with Gasteiger partial charge in [-0.05, 0) is 41.3 Å². The van der Waals surface area contributed by atoms with E-state index in [-0.39, 0.29) is 22.9 Å². The molecule has 0 aliphatic rings. The Morgan fingerprint density at radius 1 is 1.00 bits per heavy atom. The Bertz CT molecular complexity index is 1030. The minimum Gasteiger partial charge on any atom is -0.351 e. The van der Waals surface area contributed by atoms with Crippen LogP contribution in [-0.2, 0) is 10.2 Å². The molecule has 0 fully saturated rings. The zero-order valence-corrected chi connectivity index (χ0v) is 15.7. The van der Waals surface area contributed by atoms with Gasteiger partial charge in [-0.2, -0.15) is 0 Å². The van der Waals surface area contributed by atoms with Crippen molar-refractivity contribution in [3.63, 3.8) is 0 Å². The van der Waals surface area contributed by atoms with E-state index in [1.54, 1.807) is 6.07 Å². The molecule has 5 nitrogen and oxygen atoms in total. The highest BCUT2D eigenvalue weighted by molar-refractivity contribution is 6.06. The number of benzene rings is 2. The molecule has 6 heteroatoms. The van der Waals surface area contributed by atoms with E-state index in [9.17, 15) is 14.0 Å². The Morgan fingerprint density at radius 2 is 1.74 bits per heavy atom. The number of halogens is 1. The molecule has 0 saturated heterocycles. The fourth-order valence-corrected chi connectivity index (χ4v) is 2.80. The van der Waals surface area contributed by atoms with Gasteiger partial charge in [-0.15, -0.1) is 0 Å². The van der Waals surface area contributed by atoms with Gasteiger partial charge in [0.25, 0.3) is 5.91 Å². The van der Waals surface area contributed by atoms with E-state index < -0.39 is 5.82 Å². The molecule has 1 heterocycles. The summed E-state index contributed by atoms with van der Waals surface area (Å²) in [4.78, 5) is 26.8. The number of aromatic amines is 1. The first-order valence-electron chi connectivity index (χ1n) is 8.65. The molecule has 3 N–H and O–H groups in total. The summed E-state index contributed by atoms with van der Waals surface area (Å²) in [7, 11) is 0. The van der Waals surface area contributed by atoms with Gasteiger partial charge >= 0.3 is 0 Å². The lowest BCUT2D eigenvalue weighted by Gasteiger charge is -2.18. The topological polar surface area (TPSA) is 74.0 Å². The molecular weight excluding hydrogens is 345 g/mol. The summed E-state index contributed by atoms with van der Waals surface area (Å²) in [6.07, 6.45) is 0. The van der Waals surface area contributed by atoms with Gasteiger partial charge in [0.05, 0.1) is 5.69 Å². The smallest absolute Gasteiger partial charge is 0.272 e. The lowest BCUT2D eigenvalue weighted by Crippen LogP contribution is -2.13. The summed E-state index contributed by atoms with van der Waals surface area (Å²) in [5.41, 5.74) is 2.87. The van der Waals surface area contributed by atoms with Crippen LogP contribution in [0.25, 0.3) is 10.9 Å². The number of carbonyl (C=O) groups is 2. The van der Waals surface area contributed by atoms with Crippen LogP contribution in [0.3, 0.4) is 0 Å². The van der Waals surface area contributed by atoms with Crippen molar-refractivity contribution in [2.24, 2.45) is 0 Å². The molecule has 0 atom stereocenters. The summed E-state index contributed by atoms with van der Waals surface area (Å²) >= 11 is 0. The second-order valence-electron chi connectivity index (χ2n) is 7.56. The molecule has 0 spiro atoms. The molecule has 0 aliphatic carbocycles. The summed E-state index contributed by atoms with van der Waals surface area (Å²) in [6, 6.07) is 11.9. The molecule has 27 heavy (non-hydrogen) atoms. The van der Waals surface area contributed by atoms with E-state index in [2.05, 4.69) is 42.5 Å². The van der Waals surface area contributed by atoms with Crippen LogP contribution >= 0.6 is 0 Å². The number of hydrogen-bond acceptors (Lipinski definition) is 2. The molecule has 2 amide bonds. The van der Waals surface area contributed by atoms with Gasteiger partial charge in [0.2, 0.25) is 5.91 Å². The highest BCUT2D eigenvalue weighted by Gasteiger charge is 2.16. The van der Waals surface area contributed by atoms with Crippen molar-refractivity contribution in [3.05, 3.63) is 59.5 Å². The number of anilines is 2. The van der Waals surface area contributed by atoms with Crippen molar-refractivity contribution < 1.29 is 14.0 Å². The predicted molar refractivity (Wildman–Crippen MR) is 106 cm³/mol. The van der Waals surface area contributed by atoms with E-state index in [0.717, 1.165) is 10.9 Å². The maximum absolute atomic E-state index is 13.7. The fourth-order valence-electron chi connectivity index (χ4n) is 2.80. The predicted octanol–water partition coefficient (Wildman–Crippen LogP) is 4.82. The number of hydrogen-bond donors (Lipinski definition) is 3. The van der Waals surface area contributed by atoms with Gasteiger partial charge in [0, 0.05) is 23.5 Å². The third kappa shape index (κ3) is 4.16. The van der Waals surface area contributed by atoms with Crippen LogP contribution in [0.4, 0.5) is 15.8 Å². The SMILES string of the molecule is CC(=O)Nc1cc(NC(=O)c2cc3ccc(C(C)(C)C)cc3[nH]2)ccc1F. The van der Waals surface area contributed by atoms with Crippen molar-refractivity contribution in [2.75, 3.05) is 10.6 Å². The summed E-state index contributed by atoms with van der Waals surface area (Å²) in [5.74, 6) is -1.30. The zero-order valence-electron chi connectivity index (χ0n) is 15.7. The van der Waals surface area contributed by atoms with Crippen LogP contribution in [0.15, 0.2) is 42.5 Å². The Kier molecular flexibility index (Phi) is 4.74. The lowest BCUT2D eigenvalue weighted by atomic mass is 9.87. The number of fused-ring (bicyclic) bond motifs is 1. The molecule has 3 aromatic rings. The first-order valence-corrected chi connectivity index (χ1v) is 8.65. The molecule has 140 valence electrons. The quantitative estimate of drug-likeness (QED) is 0.621. The summed E-state index contributed by atoms with van der Waals surface area (Å²) in [5, 5.41) is 6.05. The Hall–Kier alpha value is -3.15. The van der Waals surface area contributed by atoms with Crippen LogP contribution in [-0.4, -0.2) is 16.8 Å². The van der Waals surface area contributed by atoms with Crippen LogP contribution in [0.2, 0.25) is 0 Å². The summed E-state index contributed by atoms with van der Waals surface area (Å²) in [6.45, 7) is 7.69. The van der Waals surface area contributed by atoms with Crippen LogP contribution in [0.1, 0.15) is 43.7 Å². The van der Waals surface area contributed by atoms with E-state index >= 15 is 0 Å². The van der Waals surface area contributed by atoms with Crippen LogP contribution < -0.4 is 10.6 Å². The molecular formula is C21H22FN3O2. The van der Waals surface area contributed by atoms with E-state index in [4.69, 9.17) is 0 Å². The van der Waals surface area contributed by atoms with Gasteiger partial charge in [0.1, 0.15) is 11.5 Å². The zero-order chi connectivity index (χ0) is 19.8. The molecule has 0 unspecified atom stereocenters.